The summed E-state index contributed by atoms with van der Waals surface area (Å²) >= 11 is 5.93. The quantitative estimate of drug-likeness (QED) is 0.839. The summed E-state index contributed by atoms with van der Waals surface area (Å²) in [4.78, 5) is 10.8. The van der Waals surface area contributed by atoms with Gasteiger partial charge in [0.05, 0.1) is 12.4 Å². The minimum Gasteiger partial charge on any atom is -0.355 e. The van der Waals surface area contributed by atoms with Crippen molar-refractivity contribution in [3.63, 3.8) is 0 Å². The Morgan fingerprint density at radius 3 is 2.70 bits per heavy atom. The van der Waals surface area contributed by atoms with Crippen LogP contribution in [-0.2, 0) is 0 Å². The van der Waals surface area contributed by atoms with Crippen molar-refractivity contribution < 1.29 is 0 Å². The second-order valence-electron chi connectivity index (χ2n) is 5.23. The Labute approximate surface area is 124 Å². The van der Waals surface area contributed by atoms with Crippen LogP contribution in [-0.4, -0.2) is 23.1 Å². The molecule has 1 aromatic heterocycles. The number of rotatable bonds is 2. The van der Waals surface area contributed by atoms with Crippen LogP contribution in [0.3, 0.4) is 0 Å². The lowest BCUT2D eigenvalue weighted by molar-refractivity contribution is 0.612. The normalized spacial score (nSPS) is 19.6. The summed E-state index contributed by atoms with van der Waals surface area (Å²) in [6.07, 6.45) is 6.94. The Morgan fingerprint density at radius 1 is 1.05 bits per heavy atom. The smallest absolute Gasteiger partial charge is 0.149 e. The Kier molecular flexibility index (Phi) is 4.16. The predicted molar refractivity (Wildman–Crippen MR) is 82.3 cm³/mol. The molecule has 3 rings (SSSR count). The molecule has 1 atom stereocenters. The van der Waals surface area contributed by atoms with Crippen molar-refractivity contribution >= 4 is 17.4 Å². The molecule has 1 aliphatic heterocycles. The number of hydrogen-bond donors (Lipinski definition) is 0. The van der Waals surface area contributed by atoms with E-state index in [0.29, 0.717) is 11.1 Å². The number of anilines is 1. The van der Waals surface area contributed by atoms with Gasteiger partial charge in [-0.3, -0.25) is 4.98 Å². The minimum atomic E-state index is 0.464. The van der Waals surface area contributed by atoms with Crippen LogP contribution in [0.25, 0.3) is 0 Å². The van der Waals surface area contributed by atoms with Crippen molar-refractivity contribution in [1.29, 1.82) is 0 Å². The second kappa shape index (κ2) is 6.23. The van der Waals surface area contributed by atoms with E-state index in [0.717, 1.165) is 25.3 Å². The van der Waals surface area contributed by atoms with Crippen molar-refractivity contribution in [2.75, 3.05) is 18.0 Å². The summed E-state index contributed by atoms with van der Waals surface area (Å²) in [6.45, 7) is 2.03. The van der Waals surface area contributed by atoms with Crippen LogP contribution < -0.4 is 4.90 Å². The van der Waals surface area contributed by atoms with Gasteiger partial charge < -0.3 is 4.90 Å². The maximum absolute atomic E-state index is 5.93. The highest BCUT2D eigenvalue weighted by molar-refractivity contribution is 6.29. The maximum atomic E-state index is 5.93. The molecule has 1 unspecified atom stereocenters. The molecule has 0 bridgehead atoms. The van der Waals surface area contributed by atoms with Crippen molar-refractivity contribution in [2.45, 2.75) is 25.2 Å². The Hall–Kier alpha value is -1.61. The monoisotopic (exact) mass is 287 g/mol. The molecule has 2 aromatic rings. The molecule has 1 fully saturated rings. The van der Waals surface area contributed by atoms with E-state index in [4.69, 9.17) is 11.6 Å². The van der Waals surface area contributed by atoms with Gasteiger partial charge in [-0.2, -0.15) is 0 Å². The lowest BCUT2D eigenvalue weighted by atomic mass is 9.92. The van der Waals surface area contributed by atoms with Crippen LogP contribution in [0.1, 0.15) is 30.7 Å². The van der Waals surface area contributed by atoms with Gasteiger partial charge in [0.25, 0.3) is 0 Å². The summed E-state index contributed by atoms with van der Waals surface area (Å²) in [7, 11) is 0. The van der Waals surface area contributed by atoms with Crippen molar-refractivity contribution in [2.24, 2.45) is 0 Å². The molecule has 1 saturated heterocycles. The van der Waals surface area contributed by atoms with Gasteiger partial charge in [-0.25, -0.2) is 4.98 Å². The van der Waals surface area contributed by atoms with Gasteiger partial charge in [0.15, 0.2) is 0 Å². The van der Waals surface area contributed by atoms with Crippen LogP contribution in [0.15, 0.2) is 42.7 Å². The molecule has 0 N–H and O–H groups in total. The zero-order valence-corrected chi connectivity index (χ0v) is 12.1. The van der Waals surface area contributed by atoms with E-state index in [9.17, 15) is 0 Å². The van der Waals surface area contributed by atoms with E-state index in [-0.39, 0.29) is 0 Å². The number of aromatic nitrogens is 2. The highest BCUT2D eigenvalue weighted by Crippen LogP contribution is 2.29. The molecule has 0 saturated carbocycles. The van der Waals surface area contributed by atoms with E-state index in [1.807, 2.05) is 0 Å². The number of halogens is 1. The van der Waals surface area contributed by atoms with Crippen LogP contribution >= 0.6 is 11.6 Å². The second-order valence-corrected chi connectivity index (χ2v) is 5.61. The fraction of sp³-hybridized carbons (Fsp3) is 0.375. The van der Waals surface area contributed by atoms with Crippen molar-refractivity contribution in [3.8, 4) is 0 Å². The predicted octanol–water partition coefficient (Wildman–Crippen LogP) is 3.90. The van der Waals surface area contributed by atoms with E-state index in [2.05, 4.69) is 45.2 Å². The molecule has 0 spiro atoms. The summed E-state index contributed by atoms with van der Waals surface area (Å²) in [5, 5.41) is 0.464. The fourth-order valence-electron chi connectivity index (χ4n) is 2.87. The highest BCUT2D eigenvalue weighted by atomic mass is 35.5. The third kappa shape index (κ3) is 3.10. The first kappa shape index (κ1) is 13.4. The third-order valence-electron chi connectivity index (χ3n) is 3.92. The lowest BCUT2D eigenvalue weighted by Crippen LogP contribution is -2.25. The first-order valence-electron chi connectivity index (χ1n) is 7.10. The first-order valence-corrected chi connectivity index (χ1v) is 7.48. The Bertz CT molecular complexity index is 559. The van der Waals surface area contributed by atoms with Crippen molar-refractivity contribution in [1.82, 2.24) is 9.97 Å². The molecule has 3 nitrogen and oxygen atoms in total. The topological polar surface area (TPSA) is 29.0 Å². The molecule has 0 amide bonds. The van der Waals surface area contributed by atoms with Gasteiger partial charge in [0.1, 0.15) is 11.0 Å². The van der Waals surface area contributed by atoms with Gasteiger partial charge in [-0.05, 0) is 30.7 Å². The third-order valence-corrected chi connectivity index (χ3v) is 4.10. The van der Waals surface area contributed by atoms with Gasteiger partial charge in [-0.15, -0.1) is 0 Å². The number of hydrogen-bond acceptors (Lipinski definition) is 3. The van der Waals surface area contributed by atoms with Gasteiger partial charge in [0, 0.05) is 13.1 Å². The summed E-state index contributed by atoms with van der Waals surface area (Å²) in [5.74, 6) is 1.54. The maximum Gasteiger partial charge on any atom is 0.149 e. The summed E-state index contributed by atoms with van der Waals surface area (Å²) < 4.78 is 0. The lowest BCUT2D eigenvalue weighted by Gasteiger charge is -2.21. The zero-order valence-electron chi connectivity index (χ0n) is 11.4. The molecule has 4 heteroatoms. The van der Waals surface area contributed by atoms with Gasteiger partial charge in [0.2, 0.25) is 0 Å². The molecule has 1 aliphatic rings. The van der Waals surface area contributed by atoms with E-state index in [1.165, 1.54) is 18.4 Å². The number of nitrogens with zero attached hydrogens (tertiary/aromatic N) is 3. The van der Waals surface area contributed by atoms with Crippen LogP contribution in [0.5, 0.6) is 0 Å². The standard InChI is InChI=1S/C16H18ClN3/c17-15-11-18-12-16(19-15)20-9-4-7-14(8-10-20)13-5-2-1-3-6-13/h1-3,5-6,11-12,14H,4,7-10H2. The average molecular weight is 288 g/mol. The first-order chi connectivity index (χ1) is 9.83. The Morgan fingerprint density at radius 2 is 1.90 bits per heavy atom. The molecule has 0 radical (unpaired) electrons. The van der Waals surface area contributed by atoms with E-state index >= 15 is 0 Å². The van der Waals surface area contributed by atoms with Gasteiger partial charge >= 0.3 is 0 Å². The average Bonchev–Trinajstić information content (AvgIpc) is 2.74. The molecule has 0 aliphatic carbocycles. The fourth-order valence-corrected chi connectivity index (χ4v) is 3.01. The summed E-state index contributed by atoms with van der Waals surface area (Å²) in [5.41, 5.74) is 1.45. The molecule has 2 heterocycles. The van der Waals surface area contributed by atoms with Crippen LogP contribution in [0.2, 0.25) is 5.15 Å². The van der Waals surface area contributed by atoms with Crippen LogP contribution in [0, 0.1) is 0 Å². The minimum absolute atomic E-state index is 0.464. The molecular weight excluding hydrogens is 270 g/mol. The van der Waals surface area contributed by atoms with Gasteiger partial charge in [-0.1, -0.05) is 41.9 Å². The largest absolute Gasteiger partial charge is 0.355 e. The summed E-state index contributed by atoms with van der Waals surface area (Å²) in [6, 6.07) is 10.8. The number of benzene rings is 1. The molecule has 20 heavy (non-hydrogen) atoms. The molecular formula is C16H18ClN3. The molecule has 104 valence electrons. The Balaban J connectivity index is 1.71. The molecule has 1 aromatic carbocycles. The SMILES string of the molecule is Clc1cncc(N2CCCC(c3ccccc3)CC2)n1. The highest BCUT2D eigenvalue weighted by Gasteiger charge is 2.19. The van der Waals surface area contributed by atoms with E-state index in [1.54, 1.807) is 12.4 Å². The van der Waals surface area contributed by atoms with E-state index < -0.39 is 0 Å². The van der Waals surface area contributed by atoms with Crippen LogP contribution in [0.4, 0.5) is 5.82 Å². The van der Waals surface area contributed by atoms with Crippen molar-refractivity contribution in [3.05, 3.63) is 53.4 Å². The zero-order chi connectivity index (χ0) is 13.8.